The van der Waals surface area contributed by atoms with Gasteiger partial charge >= 0.3 is 0 Å². The van der Waals surface area contributed by atoms with Crippen molar-refractivity contribution < 1.29 is 10.0 Å². The van der Waals surface area contributed by atoms with Crippen LogP contribution in [-0.4, -0.2) is 21.9 Å². The van der Waals surface area contributed by atoms with Crippen molar-refractivity contribution in [2.75, 3.05) is 5.32 Å². The molecule has 1 heterocycles. The van der Waals surface area contributed by atoms with Crippen LogP contribution in [0.3, 0.4) is 0 Å². The normalized spacial score (nSPS) is 12.3. The molecule has 0 aromatic carbocycles. The number of carbonyl (C=O) groups is 1. The highest BCUT2D eigenvalue weighted by Gasteiger charge is 2.33. The molecule has 6 nitrogen and oxygen atoms in total. The number of nitrogens with one attached hydrogen (secondary N) is 1. The molecule has 0 fully saturated rings. The molecular formula is C12H18N4O2. The number of hydrogen-bond donors (Lipinski definition) is 3. The van der Waals surface area contributed by atoms with Gasteiger partial charge in [0.1, 0.15) is 5.41 Å². The fourth-order valence-electron chi connectivity index (χ4n) is 1.34. The second-order valence-electron chi connectivity index (χ2n) is 4.65. The van der Waals surface area contributed by atoms with E-state index in [4.69, 9.17) is 10.9 Å². The summed E-state index contributed by atoms with van der Waals surface area (Å²) >= 11 is 0. The number of amidine groups is 1. The molecule has 0 aliphatic carbocycles. The molecule has 0 unspecified atom stereocenters. The third-order valence-corrected chi connectivity index (χ3v) is 2.79. The summed E-state index contributed by atoms with van der Waals surface area (Å²) in [6.07, 6.45) is 0. The molecule has 0 aliphatic heterocycles. The molecule has 1 rings (SSSR count). The molecule has 1 amide bonds. The van der Waals surface area contributed by atoms with Crippen LogP contribution < -0.4 is 11.1 Å². The Labute approximate surface area is 106 Å². The van der Waals surface area contributed by atoms with Gasteiger partial charge in [0.15, 0.2) is 5.84 Å². The number of aromatic nitrogens is 1. The van der Waals surface area contributed by atoms with E-state index in [0.29, 0.717) is 5.69 Å². The number of oxime groups is 1. The molecule has 0 radical (unpaired) electrons. The number of aryl methyl sites for hydroxylation is 2. The van der Waals surface area contributed by atoms with Gasteiger partial charge in [-0.25, -0.2) is 0 Å². The van der Waals surface area contributed by atoms with E-state index in [1.807, 2.05) is 6.92 Å². The van der Waals surface area contributed by atoms with E-state index in [1.54, 1.807) is 32.9 Å². The van der Waals surface area contributed by atoms with Gasteiger partial charge in [0.25, 0.3) is 0 Å². The van der Waals surface area contributed by atoms with Crippen LogP contribution in [0.5, 0.6) is 0 Å². The first-order valence-corrected chi connectivity index (χ1v) is 5.52. The Kier molecular flexibility index (Phi) is 3.90. The molecule has 1 aromatic rings. The SMILES string of the molecule is Cc1ccc(NC(=O)C(C)(C)C(N)=NO)c(C)n1. The number of nitrogens with two attached hydrogens (primary N) is 1. The highest BCUT2D eigenvalue weighted by atomic mass is 16.4. The lowest BCUT2D eigenvalue weighted by molar-refractivity contribution is -0.121. The smallest absolute Gasteiger partial charge is 0.237 e. The molecule has 1 aromatic heterocycles. The quantitative estimate of drug-likeness (QED) is 0.327. The molecule has 0 saturated heterocycles. The van der Waals surface area contributed by atoms with Crippen LogP contribution in [0.2, 0.25) is 0 Å². The van der Waals surface area contributed by atoms with Gasteiger partial charge in [-0.15, -0.1) is 0 Å². The second-order valence-corrected chi connectivity index (χ2v) is 4.65. The van der Waals surface area contributed by atoms with Gasteiger partial charge in [-0.05, 0) is 39.8 Å². The van der Waals surface area contributed by atoms with Crippen molar-refractivity contribution in [1.29, 1.82) is 0 Å². The molecule has 0 bridgehead atoms. The third kappa shape index (κ3) is 2.77. The summed E-state index contributed by atoms with van der Waals surface area (Å²) in [5.41, 5.74) is 6.61. The zero-order valence-electron chi connectivity index (χ0n) is 11.0. The summed E-state index contributed by atoms with van der Waals surface area (Å²) in [5.74, 6) is -0.496. The van der Waals surface area contributed by atoms with E-state index in [9.17, 15) is 4.79 Å². The summed E-state index contributed by atoms with van der Waals surface area (Å²) < 4.78 is 0. The van der Waals surface area contributed by atoms with E-state index >= 15 is 0 Å². The summed E-state index contributed by atoms with van der Waals surface area (Å²) in [5, 5.41) is 14.2. The minimum absolute atomic E-state index is 0.141. The van der Waals surface area contributed by atoms with Gasteiger partial charge in [0, 0.05) is 5.69 Å². The van der Waals surface area contributed by atoms with Gasteiger partial charge in [-0.2, -0.15) is 0 Å². The van der Waals surface area contributed by atoms with Crippen LogP contribution in [0.4, 0.5) is 5.69 Å². The predicted molar refractivity (Wildman–Crippen MR) is 69.5 cm³/mol. The Bertz CT molecular complexity index is 495. The van der Waals surface area contributed by atoms with Crippen molar-refractivity contribution in [2.45, 2.75) is 27.7 Å². The van der Waals surface area contributed by atoms with Gasteiger partial charge in [-0.1, -0.05) is 5.16 Å². The van der Waals surface area contributed by atoms with Crippen molar-refractivity contribution in [3.05, 3.63) is 23.5 Å². The Morgan fingerprint density at radius 2 is 2.06 bits per heavy atom. The van der Waals surface area contributed by atoms with E-state index < -0.39 is 5.41 Å². The molecule has 6 heteroatoms. The summed E-state index contributed by atoms with van der Waals surface area (Å²) in [7, 11) is 0. The topological polar surface area (TPSA) is 101 Å². The van der Waals surface area contributed by atoms with E-state index in [-0.39, 0.29) is 11.7 Å². The lowest BCUT2D eigenvalue weighted by Crippen LogP contribution is -2.42. The highest BCUT2D eigenvalue weighted by molar-refractivity contribution is 6.11. The van der Waals surface area contributed by atoms with E-state index in [2.05, 4.69) is 15.5 Å². The Morgan fingerprint density at radius 1 is 1.44 bits per heavy atom. The molecular weight excluding hydrogens is 232 g/mol. The number of rotatable bonds is 3. The molecule has 0 aliphatic rings. The number of amides is 1. The molecule has 0 atom stereocenters. The van der Waals surface area contributed by atoms with Gasteiger partial charge in [0.05, 0.1) is 11.4 Å². The van der Waals surface area contributed by atoms with Crippen LogP contribution in [0.25, 0.3) is 0 Å². The zero-order valence-corrected chi connectivity index (χ0v) is 11.0. The predicted octanol–water partition coefficient (Wildman–Crippen LogP) is 1.41. The van der Waals surface area contributed by atoms with Crippen molar-refractivity contribution in [2.24, 2.45) is 16.3 Å². The first kappa shape index (κ1) is 14.0. The van der Waals surface area contributed by atoms with Crippen molar-refractivity contribution in [3.63, 3.8) is 0 Å². The van der Waals surface area contributed by atoms with Crippen molar-refractivity contribution in [3.8, 4) is 0 Å². The molecule has 4 N–H and O–H groups in total. The van der Waals surface area contributed by atoms with Crippen LogP contribution in [0.1, 0.15) is 25.2 Å². The van der Waals surface area contributed by atoms with Gasteiger partial charge in [-0.3, -0.25) is 9.78 Å². The summed E-state index contributed by atoms with van der Waals surface area (Å²) in [6.45, 7) is 6.83. The van der Waals surface area contributed by atoms with E-state index in [1.165, 1.54) is 0 Å². The Hall–Kier alpha value is -2.11. The summed E-state index contributed by atoms with van der Waals surface area (Å²) in [4.78, 5) is 16.3. The molecule has 0 spiro atoms. The molecule has 98 valence electrons. The average Bonchev–Trinajstić information content (AvgIpc) is 2.31. The number of carbonyl (C=O) groups excluding carboxylic acids is 1. The highest BCUT2D eigenvalue weighted by Crippen LogP contribution is 2.20. The minimum Gasteiger partial charge on any atom is -0.409 e. The first-order valence-electron chi connectivity index (χ1n) is 5.52. The Morgan fingerprint density at radius 3 is 2.56 bits per heavy atom. The molecule has 0 saturated carbocycles. The number of hydrogen-bond acceptors (Lipinski definition) is 4. The monoisotopic (exact) mass is 250 g/mol. The maximum atomic E-state index is 12.1. The number of anilines is 1. The average molecular weight is 250 g/mol. The summed E-state index contributed by atoms with van der Waals surface area (Å²) in [6, 6.07) is 3.58. The van der Waals surface area contributed by atoms with E-state index in [0.717, 1.165) is 11.4 Å². The van der Waals surface area contributed by atoms with Crippen molar-refractivity contribution in [1.82, 2.24) is 4.98 Å². The van der Waals surface area contributed by atoms with Crippen LogP contribution in [0.15, 0.2) is 17.3 Å². The lowest BCUT2D eigenvalue weighted by atomic mass is 9.91. The first-order chi connectivity index (χ1) is 8.28. The minimum atomic E-state index is -1.09. The Balaban J connectivity index is 2.95. The lowest BCUT2D eigenvalue weighted by Gasteiger charge is -2.22. The zero-order chi connectivity index (χ0) is 13.9. The fraction of sp³-hybridized carbons (Fsp3) is 0.417. The van der Waals surface area contributed by atoms with Crippen LogP contribution in [0, 0.1) is 19.3 Å². The number of nitrogens with zero attached hydrogens (tertiary/aromatic N) is 2. The fourth-order valence-corrected chi connectivity index (χ4v) is 1.34. The maximum Gasteiger partial charge on any atom is 0.237 e. The maximum absolute atomic E-state index is 12.1. The van der Waals surface area contributed by atoms with Crippen LogP contribution in [-0.2, 0) is 4.79 Å². The van der Waals surface area contributed by atoms with Crippen LogP contribution >= 0.6 is 0 Å². The molecule has 18 heavy (non-hydrogen) atoms. The van der Waals surface area contributed by atoms with Gasteiger partial charge in [0.2, 0.25) is 5.91 Å². The number of pyridine rings is 1. The standard InChI is InChI=1S/C12H18N4O2/c1-7-5-6-9(8(2)14-7)15-11(17)12(3,4)10(13)16-18/h5-6,18H,1-4H3,(H2,13,16)(H,15,17). The second kappa shape index (κ2) is 5.03. The van der Waals surface area contributed by atoms with Crippen molar-refractivity contribution >= 4 is 17.4 Å². The largest absolute Gasteiger partial charge is 0.409 e. The third-order valence-electron chi connectivity index (χ3n) is 2.79. The van der Waals surface area contributed by atoms with Gasteiger partial charge < -0.3 is 16.3 Å².